The highest BCUT2D eigenvalue weighted by Crippen LogP contribution is 2.17. The minimum Gasteiger partial charge on any atom is -0.343 e. The van der Waals surface area contributed by atoms with Crippen LogP contribution >= 0.6 is 0 Å². The summed E-state index contributed by atoms with van der Waals surface area (Å²) in [6.07, 6.45) is 3.09. The zero-order chi connectivity index (χ0) is 14.1. The molecule has 0 aliphatic carbocycles. The molecule has 0 bridgehead atoms. The number of nitrogens with one attached hydrogen (secondary N) is 2. The molecule has 0 aliphatic rings. The number of fused-ring (bicyclic) bond motifs is 1. The van der Waals surface area contributed by atoms with E-state index < -0.39 is 0 Å². The number of amides is 1. The molecule has 5 heteroatoms. The molecule has 3 aromatic rings. The summed E-state index contributed by atoms with van der Waals surface area (Å²) in [5, 5.41) is 2.90. The van der Waals surface area contributed by atoms with Gasteiger partial charge in [-0.3, -0.25) is 4.79 Å². The second kappa shape index (κ2) is 4.77. The third-order valence-corrected chi connectivity index (χ3v) is 3.17. The highest BCUT2D eigenvalue weighted by Gasteiger charge is 2.10. The molecule has 0 aliphatic heterocycles. The number of hydrogen-bond acceptors (Lipinski definition) is 3. The lowest BCUT2D eigenvalue weighted by Gasteiger charge is -2.09. The second-order valence-electron chi connectivity index (χ2n) is 4.77. The quantitative estimate of drug-likeness (QED) is 0.749. The number of hydrogen-bond donors (Lipinski definition) is 2. The van der Waals surface area contributed by atoms with Crippen LogP contribution in [0.3, 0.4) is 0 Å². The SMILES string of the molecule is Cc1ccc(NC(=O)c2cnc3nc[nH]c3c2)c(C)c1. The Morgan fingerprint density at radius 1 is 1.20 bits per heavy atom. The van der Waals surface area contributed by atoms with Gasteiger partial charge in [-0.25, -0.2) is 9.97 Å². The van der Waals surface area contributed by atoms with Crippen LogP contribution in [-0.2, 0) is 0 Å². The van der Waals surface area contributed by atoms with E-state index in [1.165, 1.54) is 11.8 Å². The molecule has 2 aromatic heterocycles. The van der Waals surface area contributed by atoms with E-state index in [9.17, 15) is 4.79 Å². The number of pyridine rings is 1. The average Bonchev–Trinajstić information content (AvgIpc) is 2.89. The number of anilines is 1. The van der Waals surface area contributed by atoms with E-state index in [0.29, 0.717) is 11.2 Å². The first kappa shape index (κ1) is 12.3. The van der Waals surface area contributed by atoms with Crippen molar-refractivity contribution in [1.82, 2.24) is 15.0 Å². The lowest BCUT2D eigenvalue weighted by molar-refractivity contribution is 0.102. The molecule has 5 nitrogen and oxygen atoms in total. The fourth-order valence-corrected chi connectivity index (χ4v) is 2.10. The molecule has 0 saturated heterocycles. The van der Waals surface area contributed by atoms with Crippen LogP contribution in [0.15, 0.2) is 36.8 Å². The molecule has 0 saturated carbocycles. The van der Waals surface area contributed by atoms with E-state index in [-0.39, 0.29) is 5.91 Å². The van der Waals surface area contributed by atoms with Crippen LogP contribution in [0.5, 0.6) is 0 Å². The summed E-state index contributed by atoms with van der Waals surface area (Å²) in [7, 11) is 0. The zero-order valence-corrected chi connectivity index (χ0v) is 11.3. The van der Waals surface area contributed by atoms with Crippen molar-refractivity contribution in [2.24, 2.45) is 0 Å². The number of benzene rings is 1. The molecule has 20 heavy (non-hydrogen) atoms. The first-order valence-electron chi connectivity index (χ1n) is 6.31. The number of nitrogens with zero attached hydrogens (tertiary/aromatic N) is 2. The van der Waals surface area contributed by atoms with Crippen LogP contribution < -0.4 is 5.32 Å². The van der Waals surface area contributed by atoms with Gasteiger partial charge in [-0.2, -0.15) is 0 Å². The highest BCUT2D eigenvalue weighted by atomic mass is 16.1. The lowest BCUT2D eigenvalue weighted by atomic mass is 10.1. The number of imidazole rings is 1. The van der Waals surface area contributed by atoms with Crippen molar-refractivity contribution in [2.75, 3.05) is 5.32 Å². The Balaban J connectivity index is 1.88. The Labute approximate surface area is 116 Å². The van der Waals surface area contributed by atoms with Gasteiger partial charge < -0.3 is 10.3 Å². The summed E-state index contributed by atoms with van der Waals surface area (Å²) in [4.78, 5) is 23.3. The molecule has 0 spiro atoms. The van der Waals surface area contributed by atoms with E-state index in [0.717, 1.165) is 16.8 Å². The first-order chi connectivity index (χ1) is 9.63. The molecule has 0 atom stereocenters. The third-order valence-electron chi connectivity index (χ3n) is 3.17. The van der Waals surface area contributed by atoms with E-state index >= 15 is 0 Å². The van der Waals surface area contributed by atoms with Crippen LogP contribution in [0.25, 0.3) is 11.2 Å². The number of carbonyl (C=O) groups is 1. The fraction of sp³-hybridized carbons (Fsp3) is 0.133. The maximum atomic E-state index is 12.2. The van der Waals surface area contributed by atoms with Crippen molar-refractivity contribution in [2.45, 2.75) is 13.8 Å². The Kier molecular flexibility index (Phi) is 2.95. The van der Waals surface area contributed by atoms with Gasteiger partial charge in [-0.05, 0) is 31.5 Å². The molecule has 0 fully saturated rings. The number of aromatic amines is 1. The molecular weight excluding hydrogens is 252 g/mol. The van der Waals surface area contributed by atoms with E-state index in [1.807, 2.05) is 32.0 Å². The molecule has 1 amide bonds. The van der Waals surface area contributed by atoms with Crippen molar-refractivity contribution in [3.8, 4) is 0 Å². The number of carbonyl (C=O) groups excluding carboxylic acids is 1. The van der Waals surface area contributed by atoms with E-state index in [4.69, 9.17) is 0 Å². The minimum atomic E-state index is -0.180. The molecular formula is C15H14N4O. The van der Waals surface area contributed by atoms with Gasteiger partial charge >= 0.3 is 0 Å². The topological polar surface area (TPSA) is 70.7 Å². The smallest absolute Gasteiger partial charge is 0.257 e. The standard InChI is InChI=1S/C15H14N4O/c1-9-3-4-12(10(2)5-9)19-15(20)11-6-13-14(16-7-11)18-8-17-13/h3-8H,1-2H3,(H,19,20)(H,16,17,18). The predicted molar refractivity (Wildman–Crippen MR) is 77.8 cm³/mol. The number of H-pyrrole nitrogens is 1. The van der Waals surface area contributed by atoms with Crippen LogP contribution in [0.1, 0.15) is 21.5 Å². The molecule has 2 N–H and O–H groups in total. The molecule has 2 heterocycles. The van der Waals surface area contributed by atoms with Gasteiger partial charge in [0.25, 0.3) is 5.91 Å². The van der Waals surface area contributed by atoms with Crippen molar-refractivity contribution in [3.63, 3.8) is 0 Å². The van der Waals surface area contributed by atoms with Crippen LogP contribution in [0.2, 0.25) is 0 Å². The molecule has 0 unspecified atom stereocenters. The molecule has 1 aromatic carbocycles. The van der Waals surface area contributed by atoms with Gasteiger partial charge in [0.1, 0.15) is 0 Å². The van der Waals surface area contributed by atoms with Gasteiger partial charge in [0.2, 0.25) is 0 Å². The maximum Gasteiger partial charge on any atom is 0.257 e. The summed E-state index contributed by atoms with van der Waals surface area (Å²) in [6.45, 7) is 3.99. The van der Waals surface area contributed by atoms with Gasteiger partial charge in [0.15, 0.2) is 5.65 Å². The third kappa shape index (κ3) is 2.25. The Morgan fingerprint density at radius 3 is 2.85 bits per heavy atom. The maximum absolute atomic E-state index is 12.2. The van der Waals surface area contributed by atoms with Crippen molar-refractivity contribution in [1.29, 1.82) is 0 Å². The second-order valence-corrected chi connectivity index (χ2v) is 4.77. The monoisotopic (exact) mass is 266 g/mol. The van der Waals surface area contributed by atoms with Gasteiger partial charge in [-0.1, -0.05) is 17.7 Å². The van der Waals surface area contributed by atoms with Gasteiger partial charge in [0, 0.05) is 11.9 Å². The fourth-order valence-electron chi connectivity index (χ4n) is 2.10. The zero-order valence-electron chi connectivity index (χ0n) is 11.3. The van der Waals surface area contributed by atoms with Crippen LogP contribution in [-0.4, -0.2) is 20.9 Å². The summed E-state index contributed by atoms with van der Waals surface area (Å²) in [6, 6.07) is 7.66. The largest absolute Gasteiger partial charge is 0.343 e. The molecule has 3 rings (SSSR count). The first-order valence-corrected chi connectivity index (χ1v) is 6.31. The average molecular weight is 266 g/mol. The van der Waals surface area contributed by atoms with Crippen LogP contribution in [0.4, 0.5) is 5.69 Å². The predicted octanol–water partition coefficient (Wildman–Crippen LogP) is 2.83. The summed E-state index contributed by atoms with van der Waals surface area (Å²) in [5.41, 5.74) is 4.87. The Bertz CT molecular complexity index is 791. The van der Waals surface area contributed by atoms with Gasteiger partial charge in [0.05, 0.1) is 17.4 Å². The van der Waals surface area contributed by atoms with Gasteiger partial charge in [-0.15, -0.1) is 0 Å². The van der Waals surface area contributed by atoms with E-state index in [2.05, 4.69) is 20.3 Å². The van der Waals surface area contributed by atoms with E-state index in [1.54, 1.807) is 12.4 Å². The summed E-state index contributed by atoms with van der Waals surface area (Å²) < 4.78 is 0. The van der Waals surface area contributed by atoms with Crippen LogP contribution in [0, 0.1) is 13.8 Å². The highest BCUT2D eigenvalue weighted by molar-refractivity contribution is 6.05. The molecule has 0 radical (unpaired) electrons. The number of rotatable bonds is 2. The lowest BCUT2D eigenvalue weighted by Crippen LogP contribution is -2.13. The van der Waals surface area contributed by atoms with Crippen molar-refractivity contribution < 1.29 is 4.79 Å². The Morgan fingerprint density at radius 2 is 2.05 bits per heavy atom. The number of aryl methyl sites for hydroxylation is 2. The number of aromatic nitrogens is 3. The summed E-state index contributed by atoms with van der Waals surface area (Å²) >= 11 is 0. The summed E-state index contributed by atoms with van der Waals surface area (Å²) in [5.74, 6) is -0.180. The Hall–Kier alpha value is -2.69. The van der Waals surface area contributed by atoms with Crippen molar-refractivity contribution >= 4 is 22.8 Å². The minimum absolute atomic E-state index is 0.180. The van der Waals surface area contributed by atoms with Crippen molar-refractivity contribution in [3.05, 3.63) is 53.5 Å². The molecule has 100 valence electrons. The normalized spacial score (nSPS) is 10.7.